The number of aromatic nitrogens is 1. The molecule has 0 saturated heterocycles. The summed E-state index contributed by atoms with van der Waals surface area (Å²) in [6.45, 7) is 0. The van der Waals surface area contributed by atoms with Crippen molar-refractivity contribution in [3.8, 4) is 0 Å². The number of hydrogen-bond acceptors (Lipinski definition) is 2. The second kappa shape index (κ2) is 5.95. The van der Waals surface area contributed by atoms with Crippen LogP contribution in [0.1, 0.15) is 10.4 Å². The van der Waals surface area contributed by atoms with Crippen molar-refractivity contribution in [2.24, 2.45) is 0 Å². The zero-order chi connectivity index (χ0) is 13.1. The normalized spacial score (nSPS) is 10.2. The molecule has 18 heavy (non-hydrogen) atoms. The van der Waals surface area contributed by atoms with Gasteiger partial charge in [0.15, 0.2) is 0 Å². The van der Waals surface area contributed by atoms with E-state index < -0.39 is 0 Å². The number of amides is 1. The monoisotopic (exact) mass is 432 g/mol. The summed E-state index contributed by atoms with van der Waals surface area (Å²) in [6.07, 6.45) is 1.62. The molecule has 1 heterocycles. The van der Waals surface area contributed by atoms with Crippen LogP contribution >= 0.6 is 47.8 Å². The van der Waals surface area contributed by atoms with Crippen molar-refractivity contribution in [3.63, 3.8) is 0 Å². The smallest absolute Gasteiger partial charge is 0.257 e. The van der Waals surface area contributed by atoms with Crippen molar-refractivity contribution in [1.82, 2.24) is 4.98 Å². The number of carbonyl (C=O) groups is 1. The van der Waals surface area contributed by atoms with Gasteiger partial charge in [0.25, 0.3) is 5.91 Å². The third kappa shape index (κ3) is 3.18. The van der Waals surface area contributed by atoms with E-state index in [4.69, 9.17) is 0 Å². The summed E-state index contributed by atoms with van der Waals surface area (Å²) in [7, 11) is 0. The Kier molecular flexibility index (Phi) is 4.53. The lowest BCUT2D eigenvalue weighted by atomic mass is 10.2. The Morgan fingerprint density at radius 3 is 2.56 bits per heavy atom. The third-order valence-corrected chi connectivity index (χ3v) is 3.96. The Hall–Kier alpha value is -0.720. The van der Waals surface area contributed by atoms with Gasteiger partial charge in [0.05, 0.1) is 10.0 Å². The molecule has 1 N–H and O–H groups in total. The molecule has 1 aromatic carbocycles. The summed E-state index contributed by atoms with van der Waals surface area (Å²) >= 11 is 10.0. The summed E-state index contributed by atoms with van der Waals surface area (Å²) in [5.41, 5.74) is 0.552. The molecule has 0 aliphatic heterocycles. The van der Waals surface area contributed by atoms with Crippen LogP contribution in [-0.2, 0) is 0 Å². The molecule has 0 unspecified atom stereocenters. The summed E-state index contributed by atoms with van der Waals surface area (Å²) < 4.78 is 2.37. The minimum absolute atomic E-state index is 0.214. The quantitative estimate of drug-likeness (QED) is 0.749. The number of anilines is 1. The highest BCUT2D eigenvalue weighted by atomic mass is 79.9. The van der Waals surface area contributed by atoms with Gasteiger partial charge < -0.3 is 5.32 Å². The highest BCUT2D eigenvalue weighted by Crippen LogP contribution is 2.24. The number of rotatable bonds is 2. The zero-order valence-corrected chi connectivity index (χ0v) is 13.7. The molecule has 1 amide bonds. The highest BCUT2D eigenvalue weighted by molar-refractivity contribution is 9.11. The molecule has 0 atom stereocenters. The van der Waals surface area contributed by atoms with Crippen LogP contribution in [0.25, 0.3) is 0 Å². The van der Waals surface area contributed by atoms with E-state index >= 15 is 0 Å². The van der Waals surface area contributed by atoms with Crippen LogP contribution in [0.5, 0.6) is 0 Å². The van der Waals surface area contributed by atoms with E-state index in [0.717, 1.165) is 13.4 Å². The standard InChI is InChI=1S/C12H7Br3N2O/c13-7-3-4-8(10(15)6-7)12(18)17-11-9(14)2-1-5-16-11/h1-6H,(H,16,17,18). The number of halogens is 3. The van der Waals surface area contributed by atoms with Crippen LogP contribution in [0.15, 0.2) is 49.9 Å². The third-order valence-electron chi connectivity index (χ3n) is 2.17. The lowest BCUT2D eigenvalue weighted by Gasteiger charge is -2.07. The second-order valence-electron chi connectivity index (χ2n) is 3.41. The number of pyridine rings is 1. The van der Waals surface area contributed by atoms with Crippen molar-refractivity contribution in [3.05, 3.63) is 55.5 Å². The van der Waals surface area contributed by atoms with Crippen LogP contribution < -0.4 is 5.32 Å². The molecule has 0 bridgehead atoms. The summed E-state index contributed by atoms with van der Waals surface area (Å²) in [5.74, 6) is 0.283. The summed E-state index contributed by atoms with van der Waals surface area (Å²) in [6, 6.07) is 8.98. The Morgan fingerprint density at radius 2 is 1.89 bits per heavy atom. The fraction of sp³-hybridized carbons (Fsp3) is 0. The fourth-order valence-electron chi connectivity index (χ4n) is 1.33. The van der Waals surface area contributed by atoms with Crippen molar-refractivity contribution < 1.29 is 4.79 Å². The topological polar surface area (TPSA) is 42.0 Å². The molecule has 2 aromatic rings. The lowest BCUT2D eigenvalue weighted by Crippen LogP contribution is -2.13. The minimum atomic E-state index is -0.214. The largest absolute Gasteiger partial charge is 0.306 e. The van der Waals surface area contributed by atoms with E-state index in [1.807, 2.05) is 18.2 Å². The number of benzene rings is 1. The van der Waals surface area contributed by atoms with E-state index in [0.29, 0.717) is 11.4 Å². The van der Waals surface area contributed by atoms with Gasteiger partial charge in [-0.05, 0) is 62.2 Å². The Balaban J connectivity index is 2.25. The Morgan fingerprint density at radius 1 is 1.11 bits per heavy atom. The van der Waals surface area contributed by atoms with Crippen molar-refractivity contribution >= 4 is 59.5 Å². The zero-order valence-electron chi connectivity index (χ0n) is 8.95. The molecule has 0 aliphatic rings. The Bertz CT molecular complexity index is 602. The van der Waals surface area contributed by atoms with E-state index in [9.17, 15) is 4.79 Å². The van der Waals surface area contributed by atoms with E-state index in [1.165, 1.54) is 0 Å². The first-order valence-electron chi connectivity index (χ1n) is 4.95. The molecule has 0 aliphatic carbocycles. The van der Waals surface area contributed by atoms with E-state index in [1.54, 1.807) is 18.3 Å². The fourth-order valence-corrected chi connectivity index (χ4v) is 2.91. The van der Waals surface area contributed by atoms with Gasteiger partial charge >= 0.3 is 0 Å². The molecule has 0 saturated carbocycles. The number of hydrogen-bond donors (Lipinski definition) is 1. The van der Waals surface area contributed by atoms with Crippen LogP contribution in [0, 0.1) is 0 Å². The maximum Gasteiger partial charge on any atom is 0.257 e. The van der Waals surface area contributed by atoms with Gasteiger partial charge in [-0.25, -0.2) is 4.98 Å². The van der Waals surface area contributed by atoms with Crippen LogP contribution in [0.2, 0.25) is 0 Å². The SMILES string of the molecule is O=C(Nc1ncccc1Br)c1ccc(Br)cc1Br. The lowest BCUT2D eigenvalue weighted by molar-refractivity contribution is 0.102. The molecular formula is C12H7Br3N2O. The first-order chi connectivity index (χ1) is 8.58. The molecule has 6 heteroatoms. The van der Waals surface area contributed by atoms with Gasteiger partial charge in [-0.15, -0.1) is 0 Å². The average Bonchev–Trinajstić information content (AvgIpc) is 2.32. The van der Waals surface area contributed by atoms with Crippen molar-refractivity contribution in [2.75, 3.05) is 5.32 Å². The van der Waals surface area contributed by atoms with Gasteiger partial charge in [-0.3, -0.25) is 4.79 Å². The molecule has 2 rings (SSSR count). The van der Waals surface area contributed by atoms with Gasteiger partial charge in [-0.1, -0.05) is 15.9 Å². The van der Waals surface area contributed by atoms with Crippen LogP contribution in [0.3, 0.4) is 0 Å². The van der Waals surface area contributed by atoms with Crippen molar-refractivity contribution in [2.45, 2.75) is 0 Å². The van der Waals surface area contributed by atoms with Crippen LogP contribution in [0.4, 0.5) is 5.82 Å². The molecular weight excluding hydrogens is 428 g/mol. The predicted octanol–water partition coefficient (Wildman–Crippen LogP) is 4.62. The number of nitrogens with one attached hydrogen (secondary N) is 1. The molecule has 3 nitrogen and oxygen atoms in total. The number of nitrogens with zero attached hydrogens (tertiary/aromatic N) is 1. The molecule has 0 fully saturated rings. The van der Waals surface area contributed by atoms with E-state index in [-0.39, 0.29) is 5.91 Å². The second-order valence-corrected chi connectivity index (χ2v) is 6.04. The van der Waals surface area contributed by atoms with Crippen LogP contribution in [-0.4, -0.2) is 10.9 Å². The average molecular weight is 435 g/mol. The predicted molar refractivity (Wildman–Crippen MR) is 81.7 cm³/mol. The first kappa shape index (κ1) is 13.7. The molecule has 0 radical (unpaired) electrons. The van der Waals surface area contributed by atoms with E-state index in [2.05, 4.69) is 58.1 Å². The number of carbonyl (C=O) groups excluding carboxylic acids is 1. The molecule has 92 valence electrons. The van der Waals surface area contributed by atoms with Gasteiger partial charge in [-0.2, -0.15) is 0 Å². The maximum absolute atomic E-state index is 12.1. The molecule has 1 aromatic heterocycles. The maximum atomic E-state index is 12.1. The van der Waals surface area contributed by atoms with Gasteiger partial charge in [0.2, 0.25) is 0 Å². The minimum Gasteiger partial charge on any atom is -0.306 e. The molecule has 0 spiro atoms. The first-order valence-corrected chi connectivity index (χ1v) is 7.33. The summed E-state index contributed by atoms with van der Waals surface area (Å²) in [4.78, 5) is 16.2. The van der Waals surface area contributed by atoms with Gasteiger partial charge in [0, 0.05) is 15.1 Å². The summed E-state index contributed by atoms with van der Waals surface area (Å²) in [5, 5.41) is 2.74. The Labute approximate surface area is 129 Å². The van der Waals surface area contributed by atoms with Gasteiger partial charge in [0.1, 0.15) is 5.82 Å². The van der Waals surface area contributed by atoms with Crippen molar-refractivity contribution in [1.29, 1.82) is 0 Å². The highest BCUT2D eigenvalue weighted by Gasteiger charge is 2.12.